The van der Waals surface area contributed by atoms with Crippen LogP contribution in [-0.2, 0) is 6.42 Å². The van der Waals surface area contributed by atoms with Gasteiger partial charge in [0.15, 0.2) is 0 Å². The van der Waals surface area contributed by atoms with Gasteiger partial charge in [-0.15, -0.1) is 23.6 Å². The molecule has 0 aromatic carbocycles. The van der Waals surface area contributed by atoms with E-state index < -0.39 is 0 Å². The number of hydrogen-bond donors (Lipinski definition) is 0. The number of nitrogens with zero attached hydrogens (tertiary/aromatic N) is 1. The lowest BCUT2D eigenvalue weighted by molar-refractivity contribution is 0.945. The first kappa shape index (κ1) is 10.4. The van der Waals surface area contributed by atoms with Gasteiger partial charge in [0.05, 0.1) is 0 Å². The summed E-state index contributed by atoms with van der Waals surface area (Å²) in [6.07, 6.45) is 5.74. The van der Waals surface area contributed by atoms with Gasteiger partial charge in [0, 0.05) is 11.9 Å². The zero-order chi connectivity index (χ0) is 7.23. The van der Waals surface area contributed by atoms with Crippen LogP contribution >= 0.6 is 17.0 Å². The topological polar surface area (TPSA) is 12.9 Å². The predicted octanol–water partition coefficient (Wildman–Crippen LogP) is 2.78. The molecule has 0 fully saturated rings. The summed E-state index contributed by atoms with van der Waals surface area (Å²) in [6, 6.07) is 5.96. The van der Waals surface area contributed by atoms with Gasteiger partial charge >= 0.3 is 0 Å². The molecule has 11 heavy (non-hydrogen) atoms. The van der Waals surface area contributed by atoms with Crippen LogP contribution in [0.1, 0.15) is 12.1 Å². The summed E-state index contributed by atoms with van der Waals surface area (Å²) >= 11 is 0. The van der Waals surface area contributed by atoms with Crippen molar-refractivity contribution in [3.8, 4) is 0 Å². The first-order valence-electron chi connectivity index (χ1n) is 3.44. The van der Waals surface area contributed by atoms with Crippen molar-refractivity contribution in [2.75, 3.05) is 0 Å². The van der Waals surface area contributed by atoms with Crippen LogP contribution in [0, 0.1) is 0 Å². The van der Waals surface area contributed by atoms with Gasteiger partial charge in [-0.3, -0.25) is 4.98 Å². The fraction of sp³-hybridized carbons (Fsp3) is 0.222. The van der Waals surface area contributed by atoms with E-state index in [0.29, 0.717) is 0 Å². The molecule has 0 aliphatic carbocycles. The SMILES string of the molecule is Br.C=CCCc1ccccn1. The highest BCUT2D eigenvalue weighted by Gasteiger charge is 1.87. The molecule has 0 aliphatic heterocycles. The Morgan fingerprint density at radius 3 is 2.82 bits per heavy atom. The van der Waals surface area contributed by atoms with Crippen molar-refractivity contribution < 1.29 is 0 Å². The third-order valence-corrected chi connectivity index (χ3v) is 1.33. The quantitative estimate of drug-likeness (QED) is 0.705. The first-order chi connectivity index (χ1) is 4.93. The van der Waals surface area contributed by atoms with Gasteiger partial charge in [-0.1, -0.05) is 12.1 Å². The molecule has 1 nitrogen and oxygen atoms in total. The number of halogens is 1. The van der Waals surface area contributed by atoms with E-state index in [2.05, 4.69) is 11.6 Å². The standard InChI is InChI=1S/C9H11N.BrH/c1-2-3-6-9-7-4-5-8-10-9;/h2,4-5,7-8H,1,3,6H2;1H. The average Bonchev–Trinajstić information content (AvgIpc) is 2.03. The summed E-state index contributed by atoms with van der Waals surface area (Å²) in [7, 11) is 0. The van der Waals surface area contributed by atoms with Crippen LogP contribution in [0.3, 0.4) is 0 Å². The molecular formula is C9H12BrN. The van der Waals surface area contributed by atoms with Crippen LogP contribution in [0.4, 0.5) is 0 Å². The molecule has 0 saturated heterocycles. The molecule has 1 aromatic rings. The Bertz CT molecular complexity index is 196. The van der Waals surface area contributed by atoms with E-state index in [4.69, 9.17) is 0 Å². The van der Waals surface area contributed by atoms with Crippen molar-refractivity contribution in [3.05, 3.63) is 42.7 Å². The number of pyridine rings is 1. The zero-order valence-electron chi connectivity index (χ0n) is 6.36. The van der Waals surface area contributed by atoms with Crippen molar-refractivity contribution in [1.82, 2.24) is 4.98 Å². The Labute approximate surface area is 77.9 Å². The highest BCUT2D eigenvalue weighted by Crippen LogP contribution is 1.97. The summed E-state index contributed by atoms with van der Waals surface area (Å²) in [4.78, 5) is 4.17. The Balaban J connectivity index is 0.000001000. The van der Waals surface area contributed by atoms with Crippen LogP contribution < -0.4 is 0 Å². The Morgan fingerprint density at radius 1 is 1.45 bits per heavy atom. The summed E-state index contributed by atoms with van der Waals surface area (Å²) in [5.74, 6) is 0. The average molecular weight is 214 g/mol. The second-order valence-electron chi connectivity index (χ2n) is 2.15. The lowest BCUT2D eigenvalue weighted by Crippen LogP contribution is -1.85. The minimum Gasteiger partial charge on any atom is -0.261 e. The Morgan fingerprint density at radius 2 is 2.27 bits per heavy atom. The summed E-state index contributed by atoms with van der Waals surface area (Å²) < 4.78 is 0. The highest BCUT2D eigenvalue weighted by molar-refractivity contribution is 8.93. The van der Waals surface area contributed by atoms with E-state index in [0.717, 1.165) is 18.5 Å². The third-order valence-electron chi connectivity index (χ3n) is 1.33. The predicted molar refractivity (Wildman–Crippen MR) is 53.1 cm³/mol. The van der Waals surface area contributed by atoms with E-state index in [1.807, 2.05) is 30.5 Å². The third kappa shape index (κ3) is 3.94. The van der Waals surface area contributed by atoms with Crippen LogP contribution in [0.15, 0.2) is 37.1 Å². The second-order valence-corrected chi connectivity index (χ2v) is 2.15. The molecule has 0 radical (unpaired) electrons. The number of aromatic nitrogens is 1. The fourth-order valence-electron chi connectivity index (χ4n) is 0.796. The van der Waals surface area contributed by atoms with Crippen molar-refractivity contribution in [2.24, 2.45) is 0 Å². The molecule has 1 heterocycles. The molecule has 0 saturated carbocycles. The number of allylic oxidation sites excluding steroid dienone is 1. The van der Waals surface area contributed by atoms with Gasteiger partial charge < -0.3 is 0 Å². The van der Waals surface area contributed by atoms with E-state index in [1.54, 1.807) is 0 Å². The van der Waals surface area contributed by atoms with Gasteiger partial charge in [-0.2, -0.15) is 0 Å². The molecular weight excluding hydrogens is 202 g/mol. The van der Waals surface area contributed by atoms with Crippen LogP contribution in [0.2, 0.25) is 0 Å². The Hall–Kier alpha value is -0.630. The van der Waals surface area contributed by atoms with Crippen LogP contribution in [0.5, 0.6) is 0 Å². The van der Waals surface area contributed by atoms with E-state index >= 15 is 0 Å². The highest BCUT2D eigenvalue weighted by atomic mass is 79.9. The maximum atomic E-state index is 4.17. The minimum atomic E-state index is 0. The maximum absolute atomic E-state index is 4.17. The Kier molecular flexibility index (Phi) is 5.75. The van der Waals surface area contributed by atoms with E-state index in [1.165, 1.54) is 0 Å². The van der Waals surface area contributed by atoms with E-state index in [-0.39, 0.29) is 17.0 Å². The lowest BCUT2D eigenvalue weighted by atomic mass is 10.2. The summed E-state index contributed by atoms with van der Waals surface area (Å²) in [5.41, 5.74) is 1.14. The normalized spacial score (nSPS) is 8.36. The monoisotopic (exact) mass is 213 g/mol. The van der Waals surface area contributed by atoms with Crippen LogP contribution in [-0.4, -0.2) is 4.98 Å². The lowest BCUT2D eigenvalue weighted by Gasteiger charge is -1.93. The van der Waals surface area contributed by atoms with E-state index in [9.17, 15) is 0 Å². The number of aryl methyl sites for hydroxylation is 1. The minimum absolute atomic E-state index is 0. The first-order valence-corrected chi connectivity index (χ1v) is 3.44. The largest absolute Gasteiger partial charge is 0.261 e. The maximum Gasteiger partial charge on any atom is 0.0406 e. The molecule has 0 atom stereocenters. The molecule has 2 heteroatoms. The van der Waals surface area contributed by atoms with Gasteiger partial charge in [-0.05, 0) is 25.0 Å². The summed E-state index contributed by atoms with van der Waals surface area (Å²) in [6.45, 7) is 3.65. The number of hydrogen-bond acceptors (Lipinski definition) is 1. The van der Waals surface area contributed by atoms with Crippen molar-refractivity contribution in [2.45, 2.75) is 12.8 Å². The molecule has 0 unspecified atom stereocenters. The van der Waals surface area contributed by atoms with Crippen molar-refractivity contribution in [3.63, 3.8) is 0 Å². The van der Waals surface area contributed by atoms with Crippen LogP contribution in [0.25, 0.3) is 0 Å². The molecule has 0 amide bonds. The van der Waals surface area contributed by atoms with Crippen molar-refractivity contribution >= 4 is 17.0 Å². The smallest absolute Gasteiger partial charge is 0.0406 e. The van der Waals surface area contributed by atoms with Crippen molar-refractivity contribution in [1.29, 1.82) is 0 Å². The molecule has 0 spiro atoms. The molecule has 0 aliphatic rings. The fourth-order valence-corrected chi connectivity index (χ4v) is 0.796. The van der Waals surface area contributed by atoms with Gasteiger partial charge in [0.1, 0.15) is 0 Å². The molecule has 1 aromatic heterocycles. The molecule has 1 rings (SSSR count). The van der Waals surface area contributed by atoms with Gasteiger partial charge in [-0.25, -0.2) is 0 Å². The number of rotatable bonds is 3. The second kappa shape index (κ2) is 6.10. The zero-order valence-corrected chi connectivity index (χ0v) is 8.08. The molecule has 0 bridgehead atoms. The van der Waals surface area contributed by atoms with Gasteiger partial charge in [0.2, 0.25) is 0 Å². The summed E-state index contributed by atoms with van der Waals surface area (Å²) in [5, 5.41) is 0. The molecule has 0 N–H and O–H groups in total. The molecule has 60 valence electrons. The van der Waals surface area contributed by atoms with Gasteiger partial charge in [0.25, 0.3) is 0 Å².